The Morgan fingerprint density at radius 1 is 1.22 bits per heavy atom. The van der Waals surface area contributed by atoms with Gasteiger partial charge in [0.2, 0.25) is 11.8 Å². The zero-order valence-corrected chi connectivity index (χ0v) is 25.6. The molecule has 3 aliphatic rings. The van der Waals surface area contributed by atoms with Crippen molar-refractivity contribution >= 4 is 29.5 Å². The highest BCUT2D eigenvalue weighted by atomic mass is 32.2. The normalized spacial score (nSPS) is 29.6. The van der Waals surface area contributed by atoms with Gasteiger partial charge in [0.1, 0.15) is 6.04 Å². The maximum Gasteiger partial charge on any atom is 0.311 e. The first-order valence-electron chi connectivity index (χ1n) is 15.0. The van der Waals surface area contributed by atoms with Gasteiger partial charge in [0, 0.05) is 17.8 Å². The molecular formula is C33H46N2O5S. The molecular weight excluding hydrogens is 536 g/mol. The van der Waals surface area contributed by atoms with E-state index >= 15 is 0 Å². The Labute approximate surface area is 249 Å². The minimum atomic E-state index is -0.785. The molecule has 3 heterocycles. The molecule has 8 heteroatoms. The Balaban J connectivity index is 1.73. The average molecular weight is 583 g/mol. The van der Waals surface area contributed by atoms with Crippen LogP contribution in [0.2, 0.25) is 0 Å². The first-order chi connectivity index (χ1) is 19.7. The number of ether oxygens (including phenoxy) is 1. The molecule has 1 N–H and O–H groups in total. The summed E-state index contributed by atoms with van der Waals surface area (Å²) in [5, 5.41) is 10.6. The summed E-state index contributed by atoms with van der Waals surface area (Å²) < 4.78 is 4.53. The molecule has 0 radical (unpaired) electrons. The molecule has 3 fully saturated rings. The van der Waals surface area contributed by atoms with Crippen molar-refractivity contribution in [1.82, 2.24) is 9.80 Å². The van der Waals surface area contributed by atoms with E-state index < -0.39 is 33.4 Å². The second kappa shape index (κ2) is 13.2. The second-order valence-corrected chi connectivity index (χ2v) is 14.0. The molecule has 1 aromatic carbocycles. The van der Waals surface area contributed by atoms with Crippen LogP contribution in [0.1, 0.15) is 64.9 Å². The number of unbranched alkanes of at least 4 members (excludes halogenated alkanes) is 2. The van der Waals surface area contributed by atoms with E-state index in [-0.39, 0.29) is 30.3 Å². The number of hydrogen-bond acceptors (Lipinski definition) is 6. The topological polar surface area (TPSA) is 87.1 Å². The molecule has 1 aromatic rings. The molecule has 4 rings (SSSR count). The number of hydrogen-bond donors (Lipinski definition) is 1. The molecule has 1 spiro atoms. The van der Waals surface area contributed by atoms with Gasteiger partial charge in [0.15, 0.2) is 0 Å². The van der Waals surface area contributed by atoms with Crippen LogP contribution in [-0.2, 0) is 25.7 Å². The van der Waals surface area contributed by atoms with Gasteiger partial charge >= 0.3 is 5.97 Å². The largest absolute Gasteiger partial charge is 0.465 e. The van der Waals surface area contributed by atoms with Crippen LogP contribution in [0.5, 0.6) is 0 Å². The van der Waals surface area contributed by atoms with E-state index in [1.165, 1.54) is 0 Å². The van der Waals surface area contributed by atoms with Gasteiger partial charge in [-0.15, -0.1) is 24.9 Å². The van der Waals surface area contributed by atoms with Gasteiger partial charge in [0.05, 0.1) is 35.8 Å². The monoisotopic (exact) mass is 582 g/mol. The van der Waals surface area contributed by atoms with Crippen molar-refractivity contribution < 1.29 is 24.2 Å². The minimum absolute atomic E-state index is 0.0236. The number of aliphatic hydroxyl groups excluding tert-OH is 1. The Kier molecular flexibility index (Phi) is 10.1. The molecule has 2 unspecified atom stereocenters. The quantitative estimate of drug-likeness (QED) is 0.178. The zero-order chi connectivity index (χ0) is 29.8. The number of amides is 2. The maximum atomic E-state index is 14.7. The fourth-order valence-corrected chi connectivity index (χ4v) is 9.52. The standard InChI is InChI=1S/C33H46N2O5S/c1-6-9-10-14-20-40-31(39)27-26-29(37)35(25(22-36)23(4)8-3)28(33(26)18-17-32(27,5)41-33)30(38)34(19-7-2)21-24-15-12-11-13-16-24/h6-7,11-13,15-16,23,25-28,36H,1-2,8-10,14,17-22H2,3-5H3/t23-,25-,26-,27-,28?,32+,33?/m0/s1. The van der Waals surface area contributed by atoms with E-state index in [4.69, 9.17) is 4.74 Å². The van der Waals surface area contributed by atoms with Crippen molar-refractivity contribution in [3.05, 3.63) is 61.2 Å². The zero-order valence-electron chi connectivity index (χ0n) is 24.8. The molecule has 0 aromatic heterocycles. The first kappa shape index (κ1) is 31.4. The molecule has 7 nitrogen and oxygen atoms in total. The predicted molar refractivity (Wildman–Crippen MR) is 163 cm³/mol. The van der Waals surface area contributed by atoms with Crippen molar-refractivity contribution in [1.29, 1.82) is 0 Å². The SMILES string of the molecule is C=CCCCCOC(=O)[C@@H]1[C@H]2C(=O)N([C@@H](CO)[C@@H](C)CC)C(C(=O)N(CC=C)Cc3ccccc3)C23CC[C@@]1(C)S3. The van der Waals surface area contributed by atoms with Gasteiger partial charge in [-0.3, -0.25) is 14.4 Å². The second-order valence-electron chi connectivity index (χ2n) is 12.1. The summed E-state index contributed by atoms with van der Waals surface area (Å²) in [5.74, 6) is -2.02. The molecule has 0 saturated carbocycles. The van der Waals surface area contributed by atoms with Crippen molar-refractivity contribution in [3.63, 3.8) is 0 Å². The third-order valence-electron chi connectivity index (χ3n) is 9.47. The Bertz CT molecular complexity index is 1130. The van der Waals surface area contributed by atoms with E-state index in [0.29, 0.717) is 26.1 Å². The lowest BCUT2D eigenvalue weighted by atomic mass is 9.66. The van der Waals surface area contributed by atoms with Crippen LogP contribution >= 0.6 is 11.8 Å². The molecule has 2 bridgehead atoms. The highest BCUT2D eigenvalue weighted by Crippen LogP contribution is 2.72. The van der Waals surface area contributed by atoms with Crippen LogP contribution in [0.4, 0.5) is 0 Å². The summed E-state index contributed by atoms with van der Waals surface area (Å²) in [4.78, 5) is 46.3. The average Bonchev–Trinajstić information content (AvgIpc) is 3.54. The number of carbonyl (C=O) groups is 3. The van der Waals surface area contributed by atoms with Gasteiger partial charge in [0.25, 0.3) is 0 Å². The smallest absolute Gasteiger partial charge is 0.311 e. The minimum Gasteiger partial charge on any atom is -0.465 e. The summed E-state index contributed by atoms with van der Waals surface area (Å²) in [6, 6.07) is 8.48. The number of rotatable bonds is 15. The molecule has 41 heavy (non-hydrogen) atoms. The van der Waals surface area contributed by atoms with E-state index in [0.717, 1.165) is 37.7 Å². The van der Waals surface area contributed by atoms with Crippen LogP contribution in [0.15, 0.2) is 55.6 Å². The molecule has 3 saturated heterocycles. The molecule has 2 amide bonds. The Hall–Kier alpha value is -2.58. The summed E-state index contributed by atoms with van der Waals surface area (Å²) in [5.41, 5.74) is 0.988. The van der Waals surface area contributed by atoms with Crippen LogP contribution in [-0.4, -0.2) is 74.0 Å². The van der Waals surface area contributed by atoms with Gasteiger partial charge in [-0.2, -0.15) is 0 Å². The van der Waals surface area contributed by atoms with Crippen molar-refractivity contribution in [2.75, 3.05) is 19.8 Å². The number of allylic oxidation sites excluding steroid dienone is 1. The van der Waals surface area contributed by atoms with Gasteiger partial charge in [-0.25, -0.2) is 0 Å². The number of benzene rings is 1. The Morgan fingerprint density at radius 3 is 2.59 bits per heavy atom. The highest BCUT2D eigenvalue weighted by molar-refractivity contribution is 8.02. The lowest BCUT2D eigenvalue weighted by molar-refractivity contribution is -0.156. The number of fused-ring (bicyclic) bond motifs is 1. The summed E-state index contributed by atoms with van der Waals surface area (Å²) in [6.07, 6.45) is 8.18. The lowest BCUT2D eigenvalue weighted by Crippen LogP contribution is -2.58. The van der Waals surface area contributed by atoms with Crippen LogP contribution < -0.4 is 0 Å². The number of thioether (sulfide) groups is 1. The highest BCUT2D eigenvalue weighted by Gasteiger charge is 2.78. The van der Waals surface area contributed by atoms with Gasteiger partial charge in [-0.1, -0.05) is 62.8 Å². The van der Waals surface area contributed by atoms with E-state index in [9.17, 15) is 19.5 Å². The van der Waals surface area contributed by atoms with Crippen molar-refractivity contribution in [2.45, 2.75) is 87.4 Å². The number of esters is 1. The molecule has 7 atom stereocenters. The predicted octanol–water partition coefficient (Wildman–Crippen LogP) is 4.99. The summed E-state index contributed by atoms with van der Waals surface area (Å²) in [6.45, 7) is 14.5. The molecule has 0 aliphatic carbocycles. The fraction of sp³-hybridized carbons (Fsp3) is 0.606. The lowest BCUT2D eigenvalue weighted by Gasteiger charge is -2.41. The number of aliphatic hydroxyl groups is 1. The number of likely N-dealkylation sites (tertiary alicyclic amines) is 1. The summed E-state index contributed by atoms with van der Waals surface area (Å²) >= 11 is 1.64. The van der Waals surface area contributed by atoms with Crippen LogP contribution in [0, 0.1) is 17.8 Å². The first-order valence-corrected chi connectivity index (χ1v) is 15.8. The van der Waals surface area contributed by atoms with Gasteiger partial charge in [-0.05, 0) is 50.5 Å². The third kappa shape index (κ3) is 5.74. The van der Waals surface area contributed by atoms with Crippen LogP contribution in [0.25, 0.3) is 0 Å². The maximum absolute atomic E-state index is 14.7. The Morgan fingerprint density at radius 2 is 1.95 bits per heavy atom. The van der Waals surface area contributed by atoms with Crippen molar-refractivity contribution in [2.24, 2.45) is 17.8 Å². The van der Waals surface area contributed by atoms with E-state index in [1.807, 2.05) is 50.3 Å². The van der Waals surface area contributed by atoms with Crippen molar-refractivity contribution in [3.8, 4) is 0 Å². The number of carbonyl (C=O) groups excluding carboxylic acids is 3. The van der Waals surface area contributed by atoms with Gasteiger partial charge < -0.3 is 19.6 Å². The number of nitrogens with zero attached hydrogens (tertiary/aromatic N) is 2. The summed E-state index contributed by atoms with van der Waals surface area (Å²) in [7, 11) is 0. The van der Waals surface area contributed by atoms with Crippen LogP contribution in [0.3, 0.4) is 0 Å². The van der Waals surface area contributed by atoms with E-state index in [2.05, 4.69) is 20.1 Å². The van der Waals surface area contributed by atoms with E-state index in [1.54, 1.807) is 27.6 Å². The fourth-order valence-electron chi connectivity index (χ4n) is 7.19. The third-order valence-corrected chi connectivity index (χ3v) is 11.5. The molecule has 224 valence electrons. The molecule has 3 aliphatic heterocycles.